The second-order valence-corrected chi connectivity index (χ2v) is 10.2. The highest BCUT2D eigenvalue weighted by atomic mass is 19.4. The molecule has 3 aromatic rings. The van der Waals surface area contributed by atoms with Gasteiger partial charge in [0.05, 0.1) is 17.8 Å². The number of fused-ring (bicyclic) bond motifs is 1. The smallest absolute Gasteiger partial charge is 0.490 e. The SMILES string of the molecule is O=C(O)C(F)(F)F.c1cc(CN2CCN(c3cccc4cccnc34)CC2)cc(OCCCN2CCCCC2)c1. The summed E-state index contributed by atoms with van der Waals surface area (Å²) < 4.78 is 37.8. The molecule has 0 spiro atoms. The van der Waals surface area contributed by atoms with Crippen molar-refractivity contribution in [2.75, 3.05) is 57.3 Å². The van der Waals surface area contributed by atoms with Gasteiger partial charge >= 0.3 is 12.1 Å². The molecule has 0 amide bonds. The van der Waals surface area contributed by atoms with Gasteiger partial charge in [-0.1, -0.05) is 36.8 Å². The lowest BCUT2D eigenvalue weighted by molar-refractivity contribution is -0.192. The third-order valence-electron chi connectivity index (χ3n) is 7.21. The molecule has 1 aromatic heterocycles. The van der Waals surface area contributed by atoms with Crippen LogP contribution < -0.4 is 9.64 Å². The molecule has 0 radical (unpaired) electrons. The van der Waals surface area contributed by atoms with E-state index >= 15 is 0 Å². The summed E-state index contributed by atoms with van der Waals surface area (Å²) in [6, 6.07) is 19.3. The molecule has 3 heterocycles. The highest BCUT2D eigenvalue weighted by molar-refractivity contribution is 5.90. The highest BCUT2D eigenvalue weighted by Crippen LogP contribution is 2.26. The van der Waals surface area contributed by atoms with E-state index in [9.17, 15) is 13.2 Å². The number of anilines is 1. The lowest BCUT2D eigenvalue weighted by Gasteiger charge is -2.36. The predicted octanol–water partition coefficient (Wildman–Crippen LogP) is 5.45. The molecule has 2 aliphatic rings. The van der Waals surface area contributed by atoms with Crippen LogP contribution in [0.4, 0.5) is 18.9 Å². The third kappa shape index (κ3) is 8.82. The number of piperazine rings is 1. The van der Waals surface area contributed by atoms with Crippen molar-refractivity contribution in [3.63, 3.8) is 0 Å². The molecule has 0 bridgehead atoms. The van der Waals surface area contributed by atoms with Crippen molar-refractivity contribution in [2.45, 2.75) is 38.4 Å². The largest absolute Gasteiger partial charge is 0.494 e. The van der Waals surface area contributed by atoms with Crippen LogP contribution in [0.15, 0.2) is 60.8 Å². The summed E-state index contributed by atoms with van der Waals surface area (Å²) in [5, 5.41) is 8.34. The number of benzene rings is 2. The Hall–Kier alpha value is -3.37. The predicted molar refractivity (Wildman–Crippen MR) is 150 cm³/mol. The first-order valence-corrected chi connectivity index (χ1v) is 13.8. The van der Waals surface area contributed by atoms with Crippen LogP contribution in [0, 0.1) is 0 Å². The highest BCUT2D eigenvalue weighted by Gasteiger charge is 2.38. The Morgan fingerprint density at radius 2 is 1.60 bits per heavy atom. The maximum Gasteiger partial charge on any atom is 0.490 e. The molecule has 0 unspecified atom stereocenters. The van der Waals surface area contributed by atoms with E-state index in [1.165, 1.54) is 49.0 Å². The number of para-hydroxylation sites is 1. The van der Waals surface area contributed by atoms with E-state index < -0.39 is 12.1 Å². The van der Waals surface area contributed by atoms with E-state index in [1.807, 2.05) is 12.3 Å². The molecule has 2 aromatic carbocycles. The first-order valence-electron chi connectivity index (χ1n) is 13.8. The van der Waals surface area contributed by atoms with Gasteiger partial charge in [0.15, 0.2) is 0 Å². The summed E-state index contributed by atoms with van der Waals surface area (Å²) in [5.41, 5.74) is 3.70. The zero-order valence-corrected chi connectivity index (χ0v) is 22.7. The number of rotatable bonds is 8. The average Bonchev–Trinajstić information content (AvgIpc) is 2.96. The normalized spacial score (nSPS) is 16.8. The van der Waals surface area contributed by atoms with E-state index in [0.29, 0.717) is 0 Å². The monoisotopic (exact) mass is 558 g/mol. The van der Waals surface area contributed by atoms with E-state index in [4.69, 9.17) is 14.6 Å². The Balaban J connectivity index is 0.000000470. The number of piperidine rings is 1. The number of nitrogens with zero attached hydrogens (tertiary/aromatic N) is 4. The fraction of sp³-hybridized carbons (Fsp3) is 0.467. The van der Waals surface area contributed by atoms with Crippen LogP contribution in [0.25, 0.3) is 10.9 Å². The van der Waals surface area contributed by atoms with Crippen molar-refractivity contribution < 1.29 is 27.8 Å². The summed E-state index contributed by atoms with van der Waals surface area (Å²) in [5.74, 6) is -1.75. The lowest BCUT2D eigenvalue weighted by Crippen LogP contribution is -2.46. The Morgan fingerprint density at radius 3 is 2.33 bits per heavy atom. The van der Waals surface area contributed by atoms with Gasteiger partial charge in [-0.2, -0.15) is 13.2 Å². The number of alkyl halides is 3. The van der Waals surface area contributed by atoms with Gasteiger partial charge < -0.3 is 19.6 Å². The van der Waals surface area contributed by atoms with Crippen LogP contribution in [0.3, 0.4) is 0 Å². The van der Waals surface area contributed by atoms with Gasteiger partial charge in [0.1, 0.15) is 5.75 Å². The topological polar surface area (TPSA) is 69.1 Å². The number of carboxylic acid groups (broad SMARTS) is 1. The van der Waals surface area contributed by atoms with E-state index in [1.54, 1.807) is 0 Å². The molecule has 5 rings (SSSR count). The first kappa shape index (κ1) is 29.6. The zero-order valence-electron chi connectivity index (χ0n) is 22.7. The van der Waals surface area contributed by atoms with Crippen molar-refractivity contribution in [1.29, 1.82) is 0 Å². The van der Waals surface area contributed by atoms with Gasteiger partial charge in [0.25, 0.3) is 0 Å². The number of hydrogen-bond acceptors (Lipinski definition) is 6. The van der Waals surface area contributed by atoms with Crippen LogP contribution in [0.2, 0.25) is 0 Å². The second-order valence-electron chi connectivity index (χ2n) is 10.2. The first-order chi connectivity index (χ1) is 19.3. The minimum absolute atomic E-state index is 0.803. The quantitative estimate of drug-likeness (QED) is 0.369. The maximum absolute atomic E-state index is 10.6. The molecule has 2 saturated heterocycles. The number of aromatic nitrogens is 1. The van der Waals surface area contributed by atoms with Crippen LogP contribution in [-0.2, 0) is 11.3 Å². The van der Waals surface area contributed by atoms with Gasteiger partial charge in [0, 0.05) is 50.9 Å². The summed E-state index contributed by atoms with van der Waals surface area (Å²) >= 11 is 0. The van der Waals surface area contributed by atoms with Gasteiger partial charge in [-0.15, -0.1) is 0 Å². The molecular formula is C30H37F3N4O3. The minimum atomic E-state index is -5.08. The summed E-state index contributed by atoms with van der Waals surface area (Å²) in [4.78, 5) is 21.1. The lowest BCUT2D eigenvalue weighted by atomic mass is 10.1. The molecule has 2 aliphatic heterocycles. The maximum atomic E-state index is 10.6. The number of carbonyl (C=O) groups is 1. The van der Waals surface area contributed by atoms with Crippen LogP contribution in [0.1, 0.15) is 31.2 Å². The molecule has 7 nitrogen and oxygen atoms in total. The van der Waals surface area contributed by atoms with Crippen LogP contribution in [-0.4, -0.2) is 84.5 Å². The number of aliphatic carboxylic acids is 1. The van der Waals surface area contributed by atoms with E-state index in [-0.39, 0.29) is 0 Å². The molecule has 0 saturated carbocycles. The van der Waals surface area contributed by atoms with Gasteiger partial charge in [-0.05, 0) is 62.2 Å². The zero-order chi connectivity index (χ0) is 28.4. The fourth-order valence-corrected chi connectivity index (χ4v) is 5.14. The number of carboxylic acids is 1. The summed E-state index contributed by atoms with van der Waals surface area (Å²) in [7, 11) is 0. The van der Waals surface area contributed by atoms with E-state index in [2.05, 4.69) is 68.2 Å². The molecule has 216 valence electrons. The summed E-state index contributed by atoms with van der Waals surface area (Å²) in [6.45, 7) is 9.65. The third-order valence-corrected chi connectivity index (χ3v) is 7.21. The van der Waals surface area contributed by atoms with Crippen LogP contribution in [0.5, 0.6) is 5.75 Å². The molecule has 10 heteroatoms. The Morgan fingerprint density at radius 1 is 0.900 bits per heavy atom. The van der Waals surface area contributed by atoms with Crippen molar-refractivity contribution in [1.82, 2.24) is 14.8 Å². The van der Waals surface area contributed by atoms with E-state index in [0.717, 1.165) is 63.6 Å². The standard InChI is InChI=1S/C28H36N4O.C2HF3O2/c1-2-14-30(15-3-1)16-7-21-33-26-11-4-8-24(22-26)23-31-17-19-32(20-18-31)27-12-5-9-25-10-6-13-29-28(25)27;3-2(4,5)1(6)7/h4-6,8-13,22H,1-3,7,14-21,23H2;(H,6,7). The van der Waals surface area contributed by atoms with Gasteiger partial charge in [-0.3, -0.25) is 9.88 Å². The molecule has 0 atom stereocenters. The molecular weight excluding hydrogens is 521 g/mol. The number of likely N-dealkylation sites (tertiary alicyclic amines) is 1. The molecule has 0 aliphatic carbocycles. The number of hydrogen-bond donors (Lipinski definition) is 1. The number of halogens is 3. The van der Waals surface area contributed by atoms with Gasteiger partial charge in [0.2, 0.25) is 0 Å². The molecule has 40 heavy (non-hydrogen) atoms. The minimum Gasteiger partial charge on any atom is -0.494 e. The molecule has 2 fully saturated rings. The Bertz CT molecular complexity index is 1220. The van der Waals surface area contributed by atoms with Crippen molar-refractivity contribution in [3.05, 3.63) is 66.4 Å². The van der Waals surface area contributed by atoms with Crippen LogP contribution >= 0.6 is 0 Å². The summed E-state index contributed by atoms with van der Waals surface area (Å²) in [6.07, 6.45) is 2.03. The average molecular weight is 559 g/mol. The van der Waals surface area contributed by atoms with Crippen molar-refractivity contribution in [3.8, 4) is 5.75 Å². The number of ether oxygens (including phenoxy) is 1. The van der Waals surface area contributed by atoms with Crippen molar-refractivity contribution in [2.24, 2.45) is 0 Å². The Labute approximate surface area is 233 Å². The van der Waals surface area contributed by atoms with Crippen molar-refractivity contribution >= 4 is 22.6 Å². The molecule has 1 N–H and O–H groups in total. The number of pyridine rings is 1. The second kappa shape index (κ2) is 14.3. The van der Waals surface area contributed by atoms with Gasteiger partial charge in [-0.25, -0.2) is 4.79 Å². The fourth-order valence-electron chi connectivity index (χ4n) is 5.14. The Kier molecular flexibility index (Phi) is 10.6.